The molecule has 0 saturated heterocycles. The molecule has 0 atom stereocenters. The van der Waals surface area contributed by atoms with Crippen molar-refractivity contribution in [2.45, 2.75) is 13.0 Å². The van der Waals surface area contributed by atoms with Gasteiger partial charge in [0.25, 0.3) is 5.56 Å². The molecule has 0 radical (unpaired) electrons. The number of benzene rings is 2. The third kappa shape index (κ3) is 3.66. The van der Waals surface area contributed by atoms with Crippen LogP contribution in [0.25, 0.3) is 10.9 Å². The molecule has 0 amide bonds. The zero-order valence-electron chi connectivity index (χ0n) is 12.5. The topological polar surface area (TPSA) is 57.2 Å². The van der Waals surface area contributed by atoms with Crippen LogP contribution in [0.15, 0.2) is 59.4 Å². The van der Waals surface area contributed by atoms with E-state index >= 15 is 0 Å². The van der Waals surface area contributed by atoms with Gasteiger partial charge in [-0.1, -0.05) is 11.6 Å². The van der Waals surface area contributed by atoms with Crippen LogP contribution in [0.2, 0.25) is 5.02 Å². The fourth-order valence-corrected chi connectivity index (χ4v) is 2.66. The lowest BCUT2D eigenvalue weighted by atomic mass is 10.2. The maximum Gasteiger partial charge on any atom is 0.251 e. The van der Waals surface area contributed by atoms with Crippen LogP contribution in [-0.2, 0) is 6.54 Å². The highest BCUT2D eigenvalue weighted by Gasteiger charge is 2.04. The molecule has 0 bridgehead atoms. The largest absolute Gasteiger partial charge is 0.494 e. The fraction of sp³-hybridized carbons (Fsp3) is 0.167. The van der Waals surface area contributed by atoms with Gasteiger partial charge in [0.15, 0.2) is 0 Å². The smallest absolute Gasteiger partial charge is 0.251 e. The van der Waals surface area contributed by atoms with Gasteiger partial charge < -0.3 is 15.0 Å². The van der Waals surface area contributed by atoms with E-state index < -0.39 is 0 Å². The molecular formula is C18H17ClN2O2. The van der Waals surface area contributed by atoms with Gasteiger partial charge >= 0.3 is 0 Å². The summed E-state index contributed by atoms with van der Waals surface area (Å²) in [5.41, 5.74) is 7.20. The molecule has 4 nitrogen and oxygen atoms in total. The van der Waals surface area contributed by atoms with Gasteiger partial charge in [0.1, 0.15) is 5.75 Å². The molecule has 0 aliphatic heterocycles. The molecular weight excluding hydrogens is 312 g/mol. The summed E-state index contributed by atoms with van der Waals surface area (Å²) in [6.45, 7) is 1.12. The van der Waals surface area contributed by atoms with Crippen molar-refractivity contribution >= 4 is 28.2 Å². The van der Waals surface area contributed by atoms with Gasteiger partial charge in [-0.05, 0) is 60.3 Å². The van der Waals surface area contributed by atoms with E-state index in [1.54, 1.807) is 34.9 Å². The molecule has 2 aromatic carbocycles. The van der Waals surface area contributed by atoms with Crippen LogP contribution in [0.4, 0.5) is 5.69 Å². The molecule has 1 heterocycles. The van der Waals surface area contributed by atoms with Crippen LogP contribution in [0.5, 0.6) is 5.75 Å². The molecule has 3 rings (SSSR count). The number of nitrogens with two attached hydrogens (primary N) is 1. The second-order valence-corrected chi connectivity index (χ2v) is 5.73. The van der Waals surface area contributed by atoms with Crippen molar-refractivity contribution in [2.75, 3.05) is 12.3 Å². The number of aryl methyl sites for hydroxylation is 1. The van der Waals surface area contributed by atoms with Crippen LogP contribution in [0, 0.1) is 0 Å². The zero-order chi connectivity index (χ0) is 16.2. The standard InChI is InChI=1S/C18H17ClN2O2/c19-14-3-8-17-13(12-14)2-9-18(22)21(17)10-1-11-23-16-6-4-15(20)5-7-16/h2-9,12H,1,10-11,20H2. The Morgan fingerprint density at radius 2 is 1.83 bits per heavy atom. The molecule has 3 aromatic rings. The molecule has 118 valence electrons. The molecule has 0 fully saturated rings. The Kier molecular flexibility index (Phi) is 4.53. The number of nitrogens with zero attached hydrogens (tertiary/aromatic N) is 1. The number of halogens is 1. The number of hydrogen-bond donors (Lipinski definition) is 1. The first-order chi connectivity index (χ1) is 11.1. The van der Waals surface area contributed by atoms with Crippen LogP contribution in [0.1, 0.15) is 6.42 Å². The monoisotopic (exact) mass is 328 g/mol. The number of aromatic nitrogens is 1. The van der Waals surface area contributed by atoms with E-state index in [-0.39, 0.29) is 5.56 Å². The highest BCUT2D eigenvalue weighted by atomic mass is 35.5. The molecule has 0 saturated carbocycles. The minimum atomic E-state index is -0.0210. The van der Waals surface area contributed by atoms with E-state index in [0.717, 1.165) is 23.1 Å². The third-order valence-electron chi connectivity index (χ3n) is 3.63. The van der Waals surface area contributed by atoms with E-state index in [2.05, 4.69) is 0 Å². The summed E-state index contributed by atoms with van der Waals surface area (Å²) in [4.78, 5) is 12.1. The first-order valence-electron chi connectivity index (χ1n) is 7.41. The van der Waals surface area contributed by atoms with Crippen molar-refractivity contribution in [3.63, 3.8) is 0 Å². The Balaban J connectivity index is 1.68. The van der Waals surface area contributed by atoms with Crippen molar-refractivity contribution < 1.29 is 4.74 Å². The van der Waals surface area contributed by atoms with Crippen molar-refractivity contribution in [3.8, 4) is 5.75 Å². The van der Waals surface area contributed by atoms with Gasteiger partial charge in [0, 0.05) is 23.3 Å². The molecule has 0 unspecified atom stereocenters. The van der Waals surface area contributed by atoms with Gasteiger partial charge in [0.05, 0.1) is 12.1 Å². The molecule has 0 spiro atoms. The Labute approximate surface area is 139 Å². The van der Waals surface area contributed by atoms with Gasteiger partial charge in [-0.3, -0.25) is 4.79 Å². The van der Waals surface area contributed by atoms with Gasteiger partial charge in [-0.15, -0.1) is 0 Å². The summed E-state index contributed by atoms with van der Waals surface area (Å²) in [5.74, 6) is 0.774. The van der Waals surface area contributed by atoms with Crippen molar-refractivity contribution in [2.24, 2.45) is 0 Å². The predicted molar refractivity (Wildman–Crippen MR) is 94.2 cm³/mol. The van der Waals surface area contributed by atoms with Crippen LogP contribution >= 0.6 is 11.6 Å². The zero-order valence-corrected chi connectivity index (χ0v) is 13.3. The molecule has 23 heavy (non-hydrogen) atoms. The van der Waals surface area contributed by atoms with E-state index in [0.29, 0.717) is 23.9 Å². The Hall–Kier alpha value is -2.46. The first kappa shape index (κ1) is 15.4. The predicted octanol–water partition coefficient (Wildman–Crippen LogP) is 3.71. The molecule has 5 heteroatoms. The maximum atomic E-state index is 12.1. The highest BCUT2D eigenvalue weighted by molar-refractivity contribution is 6.31. The number of pyridine rings is 1. The lowest BCUT2D eigenvalue weighted by Crippen LogP contribution is -2.20. The summed E-state index contributed by atoms with van der Waals surface area (Å²) in [6, 6.07) is 16.2. The second-order valence-electron chi connectivity index (χ2n) is 5.30. The van der Waals surface area contributed by atoms with E-state index in [1.807, 2.05) is 24.3 Å². The highest BCUT2D eigenvalue weighted by Crippen LogP contribution is 2.18. The van der Waals surface area contributed by atoms with Gasteiger partial charge in [-0.25, -0.2) is 0 Å². The normalized spacial score (nSPS) is 10.8. The summed E-state index contributed by atoms with van der Waals surface area (Å²) < 4.78 is 7.41. The fourth-order valence-electron chi connectivity index (χ4n) is 2.48. The average Bonchev–Trinajstić information content (AvgIpc) is 2.55. The SMILES string of the molecule is Nc1ccc(OCCCn2c(=O)ccc3cc(Cl)ccc32)cc1. The number of fused-ring (bicyclic) bond motifs is 1. The first-order valence-corrected chi connectivity index (χ1v) is 7.79. The van der Waals surface area contributed by atoms with Crippen LogP contribution < -0.4 is 16.0 Å². The van der Waals surface area contributed by atoms with Gasteiger partial charge in [0.2, 0.25) is 0 Å². The quantitative estimate of drug-likeness (QED) is 0.574. The van der Waals surface area contributed by atoms with E-state index in [1.165, 1.54) is 0 Å². The average molecular weight is 329 g/mol. The summed E-state index contributed by atoms with van der Waals surface area (Å²) in [6.07, 6.45) is 0.728. The van der Waals surface area contributed by atoms with Crippen molar-refractivity contribution in [3.05, 3.63) is 70.0 Å². The van der Waals surface area contributed by atoms with Crippen LogP contribution in [0.3, 0.4) is 0 Å². The van der Waals surface area contributed by atoms with E-state index in [9.17, 15) is 4.79 Å². The number of nitrogen functional groups attached to an aromatic ring is 1. The van der Waals surface area contributed by atoms with Crippen LogP contribution in [-0.4, -0.2) is 11.2 Å². The Morgan fingerprint density at radius 3 is 2.61 bits per heavy atom. The summed E-state index contributed by atoms with van der Waals surface area (Å²) in [7, 11) is 0. The minimum Gasteiger partial charge on any atom is -0.494 e. The number of rotatable bonds is 5. The lowest BCUT2D eigenvalue weighted by Gasteiger charge is -2.11. The molecule has 0 aliphatic rings. The summed E-state index contributed by atoms with van der Waals surface area (Å²) >= 11 is 6.00. The second kappa shape index (κ2) is 6.75. The number of ether oxygens (including phenoxy) is 1. The van der Waals surface area contributed by atoms with Gasteiger partial charge in [-0.2, -0.15) is 0 Å². The van der Waals surface area contributed by atoms with Crippen molar-refractivity contribution in [1.82, 2.24) is 4.57 Å². The third-order valence-corrected chi connectivity index (χ3v) is 3.86. The minimum absolute atomic E-state index is 0.0210. The van der Waals surface area contributed by atoms with E-state index in [4.69, 9.17) is 22.1 Å². The Morgan fingerprint density at radius 1 is 1.04 bits per heavy atom. The molecule has 2 N–H and O–H groups in total. The Bertz CT molecular complexity index is 872. The number of anilines is 1. The molecule has 1 aromatic heterocycles. The lowest BCUT2D eigenvalue weighted by molar-refractivity contribution is 0.302. The summed E-state index contributed by atoms with van der Waals surface area (Å²) in [5, 5.41) is 1.62. The molecule has 0 aliphatic carbocycles. The maximum absolute atomic E-state index is 12.1. The van der Waals surface area contributed by atoms with Crippen molar-refractivity contribution in [1.29, 1.82) is 0 Å². The number of hydrogen-bond acceptors (Lipinski definition) is 3.